The predicted octanol–water partition coefficient (Wildman–Crippen LogP) is 4.16. The summed E-state index contributed by atoms with van der Waals surface area (Å²) in [4.78, 5) is 19.5. The summed E-state index contributed by atoms with van der Waals surface area (Å²) < 4.78 is 7.04. The second kappa shape index (κ2) is 7.92. The number of ether oxygens (including phenoxy) is 1. The molecule has 24 heavy (non-hydrogen) atoms. The second-order valence-corrected chi connectivity index (χ2v) is 7.35. The van der Waals surface area contributed by atoms with E-state index in [1.165, 1.54) is 0 Å². The molecule has 1 saturated carbocycles. The molecule has 3 rings (SSSR count). The van der Waals surface area contributed by atoms with Gasteiger partial charge in [-0.2, -0.15) is 0 Å². The summed E-state index contributed by atoms with van der Waals surface area (Å²) in [6, 6.07) is 7.83. The number of carboxylic acid groups (broad SMARTS) is 1. The Labute approximate surface area is 154 Å². The van der Waals surface area contributed by atoms with Crippen molar-refractivity contribution in [2.24, 2.45) is 5.92 Å². The molecule has 0 atom stereocenters. The van der Waals surface area contributed by atoms with Gasteiger partial charge >= 0.3 is 5.97 Å². The number of halogens is 1. The third-order valence-electron chi connectivity index (χ3n) is 4.30. The lowest BCUT2D eigenvalue weighted by Crippen LogP contribution is -2.25. The number of aliphatic carboxylic acids is 1. The number of carboxylic acids is 1. The standard InChI is InChI=1S/C18H19IN2O3/c19-14-4-7-16(20-11-14)13-3-8-17(21-10-13)24-15-5-1-12(2-6-15)9-18(22)23/h3-4,7-8,10-12,15H,1-2,5-6,9H2,(H,22,23). The highest BCUT2D eigenvalue weighted by Gasteiger charge is 2.24. The van der Waals surface area contributed by atoms with Crippen LogP contribution in [0.4, 0.5) is 0 Å². The fourth-order valence-corrected chi connectivity index (χ4v) is 3.34. The van der Waals surface area contributed by atoms with Crippen molar-refractivity contribution in [1.82, 2.24) is 9.97 Å². The summed E-state index contributed by atoms with van der Waals surface area (Å²) in [5.74, 6) is 0.191. The molecule has 2 aromatic heterocycles. The number of nitrogens with zero attached hydrogens (tertiary/aromatic N) is 2. The first-order chi connectivity index (χ1) is 11.6. The third-order valence-corrected chi connectivity index (χ3v) is 4.94. The molecule has 0 spiro atoms. The van der Waals surface area contributed by atoms with Crippen molar-refractivity contribution in [3.8, 4) is 17.1 Å². The van der Waals surface area contributed by atoms with Crippen LogP contribution in [0.15, 0.2) is 36.7 Å². The average molecular weight is 438 g/mol. The molecule has 0 radical (unpaired) electrons. The fourth-order valence-electron chi connectivity index (χ4n) is 3.02. The number of hydrogen-bond donors (Lipinski definition) is 1. The summed E-state index contributed by atoms with van der Waals surface area (Å²) in [7, 11) is 0. The molecule has 0 aliphatic heterocycles. The highest BCUT2D eigenvalue weighted by atomic mass is 127. The Bertz CT molecular complexity index is 680. The Morgan fingerprint density at radius 3 is 2.50 bits per heavy atom. The molecule has 1 aliphatic carbocycles. The summed E-state index contributed by atoms with van der Waals surface area (Å²) in [5, 5.41) is 8.86. The van der Waals surface area contributed by atoms with Gasteiger partial charge in [0.15, 0.2) is 0 Å². The van der Waals surface area contributed by atoms with E-state index in [2.05, 4.69) is 32.6 Å². The molecular formula is C18H19IN2O3. The van der Waals surface area contributed by atoms with Crippen molar-refractivity contribution < 1.29 is 14.6 Å². The van der Waals surface area contributed by atoms with Gasteiger partial charge < -0.3 is 9.84 Å². The SMILES string of the molecule is O=C(O)CC1CCC(Oc2ccc(-c3ccc(I)cn3)cn2)CC1. The van der Waals surface area contributed by atoms with E-state index in [-0.39, 0.29) is 18.4 Å². The van der Waals surface area contributed by atoms with Crippen molar-refractivity contribution in [2.75, 3.05) is 0 Å². The highest BCUT2D eigenvalue weighted by Crippen LogP contribution is 2.29. The molecule has 2 heterocycles. The normalized spacial score (nSPS) is 20.5. The maximum atomic E-state index is 10.8. The van der Waals surface area contributed by atoms with Crippen LogP contribution in [0, 0.1) is 9.49 Å². The van der Waals surface area contributed by atoms with E-state index in [1.54, 1.807) is 6.20 Å². The van der Waals surface area contributed by atoms with Crippen LogP contribution in [0.2, 0.25) is 0 Å². The highest BCUT2D eigenvalue weighted by molar-refractivity contribution is 14.1. The van der Waals surface area contributed by atoms with Crippen molar-refractivity contribution in [3.05, 3.63) is 40.2 Å². The summed E-state index contributed by atoms with van der Waals surface area (Å²) in [6.07, 6.45) is 7.59. The molecule has 0 saturated heterocycles. The lowest BCUT2D eigenvalue weighted by Gasteiger charge is -2.27. The number of rotatable bonds is 5. The number of hydrogen-bond acceptors (Lipinski definition) is 4. The predicted molar refractivity (Wildman–Crippen MR) is 98.8 cm³/mol. The Morgan fingerprint density at radius 1 is 1.12 bits per heavy atom. The minimum atomic E-state index is -0.708. The van der Waals surface area contributed by atoms with E-state index < -0.39 is 5.97 Å². The van der Waals surface area contributed by atoms with Gasteiger partial charge in [-0.3, -0.25) is 9.78 Å². The van der Waals surface area contributed by atoms with E-state index in [0.29, 0.717) is 5.88 Å². The van der Waals surface area contributed by atoms with E-state index in [1.807, 2.05) is 30.5 Å². The van der Waals surface area contributed by atoms with Gasteiger partial charge in [0.05, 0.1) is 5.69 Å². The molecular weight excluding hydrogens is 419 g/mol. The van der Waals surface area contributed by atoms with Gasteiger partial charge in [-0.15, -0.1) is 0 Å². The minimum absolute atomic E-state index is 0.129. The first kappa shape index (κ1) is 17.1. The van der Waals surface area contributed by atoms with Crippen molar-refractivity contribution >= 4 is 28.6 Å². The quantitative estimate of drug-likeness (QED) is 0.710. The number of pyridine rings is 2. The Morgan fingerprint density at radius 2 is 1.92 bits per heavy atom. The molecule has 5 nitrogen and oxygen atoms in total. The molecule has 1 aliphatic rings. The van der Waals surface area contributed by atoms with E-state index in [9.17, 15) is 4.79 Å². The second-order valence-electron chi connectivity index (χ2n) is 6.11. The molecule has 2 aromatic rings. The van der Waals surface area contributed by atoms with Gasteiger partial charge in [0.2, 0.25) is 5.88 Å². The Hall–Kier alpha value is -1.70. The minimum Gasteiger partial charge on any atom is -0.481 e. The van der Waals surface area contributed by atoms with Crippen LogP contribution in [-0.4, -0.2) is 27.1 Å². The van der Waals surface area contributed by atoms with Gasteiger partial charge in [-0.1, -0.05) is 0 Å². The van der Waals surface area contributed by atoms with Gasteiger partial charge in [-0.05, 0) is 72.4 Å². The van der Waals surface area contributed by atoms with Crippen LogP contribution in [0.25, 0.3) is 11.3 Å². The summed E-state index contributed by atoms with van der Waals surface area (Å²) >= 11 is 2.23. The largest absolute Gasteiger partial charge is 0.481 e. The molecule has 0 amide bonds. The van der Waals surface area contributed by atoms with Gasteiger partial charge in [0.1, 0.15) is 6.10 Å². The monoisotopic (exact) mass is 438 g/mol. The van der Waals surface area contributed by atoms with Gasteiger partial charge in [-0.25, -0.2) is 4.98 Å². The maximum Gasteiger partial charge on any atom is 0.303 e. The van der Waals surface area contributed by atoms with Crippen LogP contribution in [0.1, 0.15) is 32.1 Å². The molecule has 6 heteroatoms. The lowest BCUT2D eigenvalue weighted by atomic mass is 9.85. The van der Waals surface area contributed by atoms with Crippen molar-refractivity contribution in [2.45, 2.75) is 38.2 Å². The van der Waals surface area contributed by atoms with Crippen LogP contribution in [0.5, 0.6) is 5.88 Å². The molecule has 0 bridgehead atoms. The zero-order valence-electron chi connectivity index (χ0n) is 13.2. The molecule has 1 fully saturated rings. The van der Waals surface area contributed by atoms with E-state index in [4.69, 9.17) is 9.84 Å². The molecule has 126 valence electrons. The van der Waals surface area contributed by atoms with Crippen molar-refractivity contribution in [3.63, 3.8) is 0 Å². The van der Waals surface area contributed by atoms with Crippen LogP contribution in [-0.2, 0) is 4.79 Å². The van der Waals surface area contributed by atoms with Crippen molar-refractivity contribution in [1.29, 1.82) is 0 Å². The van der Waals surface area contributed by atoms with Gasteiger partial charge in [0, 0.05) is 34.0 Å². The lowest BCUT2D eigenvalue weighted by molar-refractivity contribution is -0.138. The van der Waals surface area contributed by atoms with Crippen LogP contribution < -0.4 is 4.74 Å². The Kier molecular flexibility index (Phi) is 5.65. The molecule has 1 N–H and O–H groups in total. The first-order valence-corrected chi connectivity index (χ1v) is 9.14. The maximum absolute atomic E-state index is 10.8. The van der Waals surface area contributed by atoms with Crippen LogP contribution in [0.3, 0.4) is 0 Å². The Balaban J connectivity index is 1.55. The van der Waals surface area contributed by atoms with E-state index >= 15 is 0 Å². The zero-order valence-corrected chi connectivity index (χ0v) is 15.3. The first-order valence-electron chi connectivity index (χ1n) is 8.06. The topological polar surface area (TPSA) is 72.3 Å². The van der Waals surface area contributed by atoms with E-state index in [0.717, 1.165) is 40.5 Å². The molecule has 0 unspecified atom stereocenters. The smallest absolute Gasteiger partial charge is 0.303 e. The molecule has 0 aromatic carbocycles. The zero-order chi connectivity index (χ0) is 16.9. The fraction of sp³-hybridized carbons (Fsp3) is 0.389. The third kappa shape index (κ3) is 4.66. The number of aromatic nitrogens is 2. The number of carbonyl (C=O) groups is 1. The van der Waals surface area contributed by atoms with Gasteiger partial charge in [0.25, 0.3) is 0 Å². The summed E-state index contributed by atoms with van der Waals surface area (Å²) in [5.41, 5.74) is 1.85. The average Bonchev–Trinajstić information content (AvgIpc) is 2.58. The summed E-state index contributed by atoms with van der Waals surface area (Å²) in [6.45, 7) is 0. The van der Waals surface area contributed by atoms with Crippen LogP contribution >= 0.6 is 22.6 Å².